The van der Waals surface area contributed by atoms with E-state index in [0.717, 1.165) is 6.42 Å². The van der Waals surface area contributed by atoms with Crippen LogP contribution in [0.3, 0.4) is 0 Å². The Labute approximate surface area is 309 Å². The van der Waals surface area contributed by atoms with Gasteiger partial charge in [0.05, 0.1) is 19.2 Å². The molecule has 1 aliphatic heterocycles. The van der Waals surface area contributed by atoms with Gasteiger partial charge in [0.15, 0.2) is 0 Å². The molecule has 0 spiro atoms. The Morgan fingerprint density at radius 2 is 1.36 bits per heavy atom. The van der Waals surface area contributed by atoms with Crippen LogP contribution in [0.1, 0.15) is 50.2 Å². The van der Waals surface area contributed by atoms with Gasteiger partial charge in [0.25, 0.3) is 0 Å². The molecule has 53 heavy (non-hydrogen) atoms. The zero-order valence-corrected chi connectivity index (χ0v) is 30.0. The van der Waals surface area contributed by atoms with E-state index in [9.17, 15) is 38.7 Å². The molecular weight excluding hydrogens is 684 g/mol. The predicted molar refractivity (Wildman–Crippen MR) is 195 cm³/mol. The fourth-order valence-electron chi connectivity index (χ4n) is 5.94. The minimum Gasteiger partial charge on any atom is -0.394 e. The summed E-state index contributed by atoms with van der Waals surface area (Å²) in [5.74, 6) is -3.90. The number of nitrogens with two attached hydrogens (primary N) is 2. The van der Waals surface area contributed by atoms with Gasteiger partial charge in [0.2, 0.25) is 35.4 Å². The lowest BCUT2D eigenvalue weighted by molar-refractivity contribution is -0.140. The van der Waals surface area contributed by atoms with E-state index in [2.05, 4.69) is 26.6 Å². The molecular formula is C37H52N8O8. The van der Waals surface area contributed by atoms with Crippen LogP contribution in [-0.4, -0.2) is 114 Å². The fraction of sp³-hybridized carbons (Fsp3) is 0.486. The van der Waals surface area contributed by atoms with E-state index in [-0.39, 0.29) is 25.3 Å². The Hall–Kier alpha value is -5.19. The van der Waals surface area contributed by atoms with E-state index < -0.39 is 72.4 Å². The highest BCUT2D eigenvalue weighted by molar-refractivity contribution is 5.97. The quantitative estimate of drug-likeness (QED) is 0.0526. The number of likely N-dealkylation sites (tertiary alicyclic amines) is 1. The van der Waals surface area contributed by atoms with Gasteiger partial charge in [-0.25, -0.2) is 0 Å². The van der Waals surface area contributed by atoms with Gasteiger partial charge in [-0.1, -0.05) is 67.1 Å². The molecule has 0 bridgehead atoms. The normalized spacial score (nSPS) is 16.6. The predicted octanol–water partition coefficient (Wildman–Crippen LogP) is -1.81. The zero-order chi connectivity index (χ0) is 38.8. The summed E-state index contributed by atoms with van der Waals surface area (Å²) in [6, 6.07) is 11.0. The number of benzene rings is 2. The summed E-state index contributed by atoms with van der Waals surface area (Å²) >= 11 is 0. The number of unbranched alkanes of at least 4 members (excludes halogenated alkanes) is 1. The van der Waals surface area contributed by atoms with E-state index in [0.29, 0.717) is 56.2 Å². The van der Waals surface area contributed by atoms with Crippen LogP contribution >= 0.6 is 0 Å². The molecule has 6 atom stereocenters. The Balaban J connectivity index is 1.69. The highest BCUT2D eigenvalue weighted by Gasteiger charge is 2.37. The molecule has 6 amide bonds. The number of nitrogens with one attached hydrogen (secondary N) is 5. The molecule has 2 aromatic rings. The van der Waals surface area contributed by atoms with Gasteiger partial charge >= 0.3 is 0 Å². The SMILES string of the molecule is C[C@H](NC(=O)[C@@H]1CCCN1C(=O)[C@@H](N)CCCCN)C(=O)N[C@@H](Cc1ccccc1)C(=O)N[C@@H](CO)C(=O)N[C@@H](Cc1ccccc1)C(=O)NCC=O. The molecule has 1 heterocycles. The number of nitrogens with zero attached hydrogens (tertiary/aromatic N) is 1. The summed E-state index contributed by atoms with van der Waals surface area (Å²) < 4.78 is 0. The number of amides is 6. The maximum Gasteiger partial charge on any atom is 0.245 e. The van der Waals surface area contributed by atoms with E-state index in [1.165, 1.54) is 11.8 Å². The summed E-state index contributed by atoms with van der Waals surface area (Å²) in [6.07, 6.45) is 3.40. The van der Waals surface area contributed by atoms with Crippen LogP contribution in [0.25, 0.3) is 0 Å². The maximum atomic E-state index is 13.7. The van der Waals surface area contributed by atoms with Crippen molar-refractivity contribution in [2.75, 3.05) is 26.2 Å². The van der Waals surface area contributed by atoms with Crippen LogP contribution < -0.4 is 38.1 Å². The monoisotopic (exact) mass is 736 g/mol. The fourth-order valence-corrected chi connectivity index (χ4v) is 5.94. The van der Waals surface area contributed by atoms with Crippen molar-refractivity contribution in [2.24, 2.45) is 11.5 Å². The summed E-state index contributed by atoms with van der Waals surface area (Å²) in [5, 5.41) is 22.8. The van der Waals surface area contributed by atoms with Crippen molar-refractivity contribution in [3.63, 3.8) is 0 Å². The first kappa shape index (κ1) is 42.2. The Morgan fingerprint density at radius 1 is 0.811 bits per heavy atom. The molecule has 0 saturated carbocycles. The van der Waals surface area contributed by atoms with Gasteiger partial charge in [0, 0.05) is 19.4 Å². The Bertz CT molecular complexity index is 1530. The van der Waals surface area contributed by atoms with Crippen LogP contribution in [0.15, 0.2) is 60.7 Å². The molecule has 0 aliphatic carbocycles. The van der Waals surface area contributed by atoms with Crippen molar-refractivity contribution < 1.29 is 38.7 Å². The van der Waals surface area contributed by atoms with Crippen LogP contribution in [0.2, 0.25) is 0 Å². The first-order valence-electron chi connectivity index (χ1n) is 17.9. The van der Waals surface area contributed by atoms with Crippen LogP contribution in [0.5, 0.6) is 0 Å². The smallest absolute Gasteiger partial charge is 0.245 e. The number of aliphatic hydroxyl groups excluding tert-OH is 1. The second kappa shape index (κ2) is 22.0. The molecule has 1 fully saturated rings. The minimum absolute atomic E-state index is 0.00344. The second-order valence-corrected chi connectivity index (χ2v) is 13.0. The van der Waals surface area contributed by atoms with Crippen LogP contribution in [-0.2, 0) is 46.4 Å². The molecule has 3 rings (SSSR count). The lowest BCUT2D eigenvalue weighted by atomic mass is 10.0. The lowest BCUT2D eigenvalue weighted by Gasteiger charge is -2.28. The minimum atomic E-state index is -1.51. The van der Waals surface area contributed by atoms with Gasteiger partial charge < -0.3 is 52.9 Å². The number of carbonyl (C=O) groups is 7. The number of hydrogen-bond donors (Lipinski definition) is 8. The highest BCUT2D eigenvalue weighted by Crippen LogP contribution is 2.19. The van der Waals surface area contributed by atoms with Gasteiger partial charge in [-0.15, -0.1) is 0 Å². The zero-order valence-electron chi connectivity index (χ0n) is 30.0. The van der Waals surface area contributed by atoms with Crippen molar-refractivity contribution in [3.8, 4) is 0 Å². The number of carbonyl (C=O) groups excluding carboxylic acids is 7. The lowest BCUT2D eigenvalue weighted by Crippen LogP contribution is -2.60. The number of hydrogen-bond acceptors (Lipinski definition) is 10. The van der Waals surface area contributed by atoms with Crippen molar-refractivity contribution in [3.05, 3.63) is 71.8 Å². The molecule has 1 saturated heterocycles. The first-order chi connectivity index (χ1) is 25.5. The summed E-state index contributed by atoms with van der Waals surface area (Å²) in [7, 11) is 0. The molecule has 0 aromatic heterocycles. The van der Waals surface area contributed by atoms with E-state index in [1.54, 1.807) is 60.7 Å². The number of aliphatic hydroxyl groups is 1. The van der Waals surface area contributed by atoms with Crippen LogP contribution in [0, 0.1) is 0 Å². The second-order valence-electron chi connectivity index (χ2n) is 13.0. The third-order valence-electron chi connectivity index (χ3n) is 8.88. The average molecular weight is 737 g/mol. The third kappa shape index (κ3) is 13.4. The molecule has 0 unspecified atom stereocenters. The highest BCUT2D eigenvalue weighted by atomic mass is 16.3. The molecule has 1 aliphatic rings. The number of rotatable bonds is 21. The summed E-state index contributed by atoms with van der Waals surface area (Å²) in [5.41, 5.74) is 13.0. The Morgan fingerprint density at radius 3 is 1.92 bits per heavy atom. The molecule has 2 aromatic carbocycles. The van der Waals surface area contributed by atoms with E-state index in [4.69, 9.17) is 11.5 Å². The molecule has 16 nitrogen and oxygen atoms in total. The van der Waals surface area contributed by atoms with E-state index >= 15 is 0 Å². The van der Waals surface area contributed by atoms with Gasteiger partial charge in [0.1, 0.15) is 36.5 Å². The Kier molecular flexibility index (Phi) is 17.5. The largest absolute Gasteiger partial charge is 0.394 e. The molecule has 10 N–H and O–H groups in total. The third-order valence-corrected chi connectivity index (χ3v) is 8.88. The van der Waals surface area contributed by atoms with Crippen LogP contribution in [0.4, 0.5) is 0 Å². The van der Waals surface area contributed by atoms with Gasteiger partial charge in [-0.3, -0.25) is 28.8 Å². The van der Waals surface area contributed by atoms with Gasteiger partial charge in [-0.2, -0.15) is 0 Å². The summed E-state index contributed by atoms with van der Waals surface area (Å²) in [6.45, 7) is 1.17. The van der Waals surface area contributed by atoms with Gasteiger partial charge in [-0.05, 0) is 50.3 Å². The van der Waals surface area contributed by atoms with Crippen molar-refractivity contribution in [2.45, 2.75) is 88.1 Å². The summed E-state index contributed by atoms with van der Waals surface area (Å²) in [4.78, 5) is 91.8. The molecule has 0 radical (unpaired) electrons. The van der Waals surface area contributed by atoms with Crippen molar-refractivity contribution >= 4 is 41.7 Å². The average Bonchev–Trinajstić information content (AvgIpc) is 3.66. The topological polar surface area (TPSA) is 255 Å². The van der Waals surface area contributed by atoms with E-state index in [1.807, 2.05) is 0 Å². The van der Waals surface area contributed by atoms with Crippen molar-refractivity contribution in [1.29, 1.82) is 0 Å². The van der Waals surface area contributed by atoms with Crippen molar-refractivity contribution in [1.82, 2.24) is 31.5 Å². The standard InChI is InChI=1S/C37H52N8O8/c1-24(41-36(52)31-16-10-19-45(31)37(53)27(39)15-8-9-17-38)32(48)42-29(22-26-13-6-3-7-14-26)34(50)44-30(23-47)35(51)43-28(33(49)40-18-20-46)21-25-11-4-2-5-12-25/h2-7,11-14,20,24,27-31,47H,8-10,15-19,21-23,38-39H2,1H3,(H,40,49)(H,41,52)(H,42,48)(H,43,51)(H,44,50)/t24-,27-,28-,29-,30-,31-/m0/s1. The maximum absolute atomic E-state index is 13.7. The molecule has 16 heteroatoms. The first-order valence-corrected chi connectivity index (χ1v) is 17.9. The molecule has 288 valence electrons. The number of aldehydes is 1.